The molecule has 0 fully saturated rings. The van der Waals surface area contributed by atoms with Crippen molar-refractivity contribution in [2.75, 3.05) is 12.1 Å². The van der Waals surface area contributed by atoms with Gasteiger partial charge in [0.05, 0.1) is 5.56 Å². The lowest BCUT2D eigenvalue weighted by atomic mass is 10.2. The van der Waals surface area contributed by atoms with Gasteiger partial charge in [0, 0.05) is 18.2 Å². The van der Waals surface area contributed by atoms with E-state index in [2.05, 4.69) is 20.9 Å². The fourth-order valence-electron chi connectivity index (χ4n) is 1.88. The Morgan fingerprint density at radius 3 is 2.14 bits per heavy atom. The number of hydrazine groups is 1. The van der Waals surface area contributed by atoms with Crippen molar-refractivity contribution < 1.29 is 18.4 Å². The van der Waals surface area contributed by atoms with Gasteiger partial charge in [-0.3, -0.25) is 14.6 Å². The summed E-state index contributed by atoms with van der Waals surface area (Å²) in [6, 6.07) is 2.53. The molecule has 0 spiro atoms. The standard InChI is InChI=1S/C13H12BrF2N3O2/c1-6-7(2)13(21)19(12(6)20)18(3)9-5-4-8(11(15)16)10(14)17-9/h4-5,11H,1-3H3. The van der Waals surface area contributed by atoms with Gasteiger partial charge < -0.3 is 0 Å². The van der Waals surface area contributed by atoms with Crippen LogP contribution in [0.15, 0.2) is 27.9 Å². The summed E-state index contributed by atoms with van der Waals surface area (Å²) in [6.45, 7) is 3.12. The van der Waals surface area contributed by atoms with Gasteiger partial charge in [-0.2, -0.15) is 5.01 Å². The Kier molecular flexibility index (Phi) is 4.08. The summed E-state index contributed by atoms with van der Waals surface area (Å²) in [4.78, 5) is 28.0. The van der Waals surface area contributed by atoms with Gasteiger partial charge in [-0.05, 0) is 41.9 Å². The van der Waals surface area contributed by atoms with Crippen LogP contribution in [0.1, 0.15) is 25.8 Å². The number of hydrogen-bond acceptors (Lipinski definition) is 4. The van der Waals surface area contributed by atoms with Crippen molar-refractivity contribution in [3.8, 4) is 0 Å². The van der Waals surface area contributed by atoms with Gasteiger partial charge in [0.25, 0.3) is 18.2 Å². The summed E-state index contributed by atoms with van der Waals surface area (Å²) >= 11 is 2.96. The molecule has 2 heterocycles. The van der Waals surface area contributed by atoms with Gasteiger partial charge in [-0.1, -0.05) is 0 Å². The van der Waals surface area contributed by atoms with E-state index >= 15 is 0 Å². The molecule has 0 N–H and O–H groups in total. The number of hydrogen-bond donors (Lipinski definition) is 0. The van der Waals surface area contributed by atoms with Gasteiger partial charge in [-0.15, -0.1) is 0 Å². The number of halogens is 3. The zero-order chi connectivity index (χ0) is 15.9. The highest BCUT2D eigenvalue weighted by Gasteiger charge is 2.37. The molecule has 0 unspecified atom stereocenters. The van der Waals surface area contributed by atoms with E-state index in [-0.39, 0.29) is 16.0 Å². The number of aromatic nitrogens is 1. The molecule has 8 heteroatoms. The van der Waals surface area contributed by atoms with E-state index in [1.165, 1.54) is 24.2 Å². The van der Waals surface area contributed by atoms with Crippen molar-refractivity contribution in [3.63, 3.8) is 0 Å². The number of alkyl halides is 2. The predicted molar refractivity (Wildman–Crippen MR) is 75.5 cm³/mol. The monoisotopic (exact) mass is 359 g/mol. The van der Waals surface area contributed by atoms with Crippen LogP contribution in [-0.4, -0.2) is 28.9 Å². The number of amides is 2. The Bertz CT molecular complexity index is 637. The average molecular weight is 360 g/mol. The third-order valence-electron chi connectivity index (χ3n) is 3.32. The van der Waals surface area contributed by atoms with Crippen LogP contribution in [0.3, 0.4) is 0 Å². The smallest absolute Gasteiger partial charge is 0.267 e. The second kappa shape index (κ2) is 5.51. The fraction of sp³-hybridized carbons (Fsp3) is 0.308. The van der Waals surface area contributed by atoms with E-state index in [1.54, 1.807) is 13.8 Å². The number of carbonyl (C=O) groups excluding carboxylic acids is 2. The number of pyridine rings is 1. The van der Waals surface area contributed by atoms with Crippen molar-refractivity contribution >= 4 is 33.6 Å². The first-order valence-electron chi connectivity index (χ1n) is 6.00. The van der Waals surface area contributed by atoms with E-state index < -0.39 is 18.2 Å². The predicted octanol–water partition coefficient (Wildman–Crippen LogP) is 2.84. The Morgan fingerprint density at radius 2 is 1.71 bits per heavy atom. The van der Waals surface area contributed by atoms with Gasteiger partial charge in [0.1, 0.15) is 10.4 Å². The van der Waals surface area contributed by atoms with E-state index in [0.717, 1.165) is 5.01 Å². The van der Waals surface area contributed by atoms with Gasteiger partial charge >= 0.3 is 0 Å². The van der Waals surface area contributed by atoms with Crippen molar-refractivity contribution in [1.82, 2.24) is 9.99 Å². The van der Waals surface area contributed by atoms with Gasteiger partial charge in [0.2, 0.25) is 0 Å². The molecule has 0 saturated heterocycles. The quantitative estimate of drug-likeness (QED) is 0.615. The molecule has 0 aromatic carbocycles. The van der Waals surface area contributed by atoms with Crippen molar-refractivity contribution in [1.29, 1.82) is 0 Å². The molecule has 1 aromatic heterocycles. The van der Waals surface area contributed by atoms with E-state index in [9.17, 15) is 18.4 Å². The third kappa shape index (κ3) is 2.55. The Labute approximate surface area is 128 Å². The zero-order valence-electron chi connectivity index (χ0n) is 11.5. The maximum atomic E-state index is 12.7. The molecule has 1 aliphatic rings. The minimum absolute atomic E-state index is 0.0256. The second-order valence-electron chi connectivity index (χ2n) is 4.55. The molecule has 0 aliphatic carbocycles. The summed E-state index contributed by atoms with van der Waals surface area (Å²) in [5, 5.41) is 2.17. The molecule has 0 radical (unpaired) electrons. The van der Waals surface area contributed by atoms with Crippen LogP contribution in [0, 0.1) is 0 Å². The van der Waals surface area contributed by atoms with Crippen LogP contribution in [-0.2, 0) is 9.59 Å². The van der Waals surface area contributed by atoms with Crippen LogP contribution in [0.25, 0.3) is 0 Å². The molecule has 112 valence electrons. The first-order chi connectivity index (χ1) is 9.75. The first-order valence-corrected chi connectivity index (χ1v) is 6.79. The average Bonchev–Trinajstić information content (AvgIpc) is 2.62. The molecule has 1 aliphatic heterocycles. The fourth-order valence-corrected chi connectivity index (χ4v) is 2.37. The van der Waals surface area contributed by atoms with Crippen molar-refractivity contribution in [2.45, 2.75) is 20.3 Å². The highest BCUT2D eigenvalue weighted by Crippen LogP contribution is 2.29. The molecular formula is C13H12BrF2N3O2. The number of anilines is 1. The Balaban J connectivity index is 2.34. The number of nitrogens with zero attached hydrogens (tertiary/aromatic N) is 3. The third-order valence-corrected chi connectivity index (χ3v) is 3.95. The van der Waals surface area contributed by atoms with Crippen LogP contribution in [0.4, 0.5) is 14.6 Å². The summed E-state index contributed by atoms with van der Waals surface area (Å²) in [7, 11) is 1.47. The summed E-state index contributed by atoms with van der Waals surface area (Å²) < 4.78 is 25.3. The first kappa shape index (κ1) is 15.6. The number of carbonyl (C=O) groups is 2. The molecule has 2 amide bonds. The Morgan fingerprint density at radius 1 is 1.19 bits per heavy atom. The van der Waals surface area contributed by atoms with Crippen LogP contribution in [0.2, 0.25) is 0 Å². The molecule has 5 nitrogen and oxygen atoms in total. The Hall–Kier alpha value is -1.83. The molecular weight excluding hydrogens is 348 g/mol. The normalized spacial score (nSPS) is 15.5. The topological polar surface area (TPSA) is 53.5 Å². The van der Waals surface area contributed by atoms with E-state index in [0.29, 0.717) is 11.1 Å². The minimum atomic E-state index is -2.66. The summed E-state index contributed by atoms with van der Waals surface area (Å²) in [6.07, 6.45) is -2.66. The molecule has 0 saturated carbocycles. The molecule has 1 aromatic rings. The maximum absolute atomic E-state index is 12.7. The number of imide groups is 1. The maximum Gasteiger partial charge on any atom is 0.276 e. The van der Waals surface area contributed by atoms with Crippen LogP contribution >= 0.6 is 15.9 Å². The van der Waals surface area contributed by atoms with Crippen molar-refractivity contribution in [3.05, 3.63) is 33.4 Å². The SMILES string of the molecule is CC1=C(C)C(=O)N(N(C)c2ccc(C(F)F)c(Br)n2)C1=O. The van der Waals surface area contributed by atoms with Gasteiger partial charge in [0.15, 0.2) is 0 Å². The zero-order valence-corrected chi connectivity index (χ0v) is 13.1. The molecule has 0 bridgehead atoms. The lowest BCUT2D eigenvalue weighted by Gasteiger charge is -2.27. The van der Waals surface area contributed by atoms with E-state index in [4.69, 9.17) is 0 Å². The molecule has 21 heavy (non-hydrogen) atoms. The molecule has 0 atom stereocenters. The van der Waals surface area contributed by atoms with Crippen molar-refractivity contribution in [2.24, 2.45) is 0 Å². The summed E-state index contributed by atoms with van der Waals surface area (Å²) in [5.41, 5.74) is 0.460. The largest absolute Gasteiger partial charge is 0.276 e. The van der Waals surface area contributed by atoms with E-state index in [1.807, 2.05) is 0 Å². The highest BCUT2D eigenvalue weighted by molar-refractivity contribution is 9.10. The lowest BCUT2D eigenvalue weighted by Crippen LogP contribution is -2.45. The number of rotatable bonds is 3. The second-order valence-corrected chi connectivity index (χ2v) is 5.30. The molecule has 2 rings (SSSR count). The van der Waals surface area contributed by atoms with Crippen LogP contribution < -0.4 is 5.01 Å². The lowest BCUT2D eigenvalue weighted by molar-refractivity contribution is -0.138. The minimum Gasteiger partial charge on any atom is -0.267 e. The van der Waals surface area contributed by atoms with Gasteiger partial charge in [-0.25, -0.2) is 13.8 Å². The summed E-state index contributed by atoms with van der Waals surface area (Å²) in [5.74, 6) is -0.692. The van der Waals surface area contributed by atoms with Crippen LogP contribution in [0.5, 0.6) is 0 Å². The highest BCUT2D eigenvalue weighted by atomic mass is 79.9.